The van der Waals surface area contributed by atoms with Crippen molar-refractivity contribution in [3.8, 4) is 11.5 Å². The number of anilines is 1. The van der Waals surface area contributed by atoms with Crippen LogP contribution >= 0.6 is 0 Å². The minimum atomic E-state index is -0.0312. The second kappa shape index (κ2) is 3.08. The summed E-state index contributed by atoms with van der Waals surface area (Å²) in [5.74, 6) is -0.00926. The predicted molar refractivity (Wildman–Crippen MR) is 56.0 cm³/mol. The van der Waals surface area contributed by atoms with E-state index >= 15 is 0 Å². The maximum absolute atomic E-state index is 9.75. The van der Waals surface area contributed by atoms with E-state index in [1.165, 1.54) is 0 Å². The Balaban J connectivity index is 2.52. The highest BCUT2D eigenvalue weighted by Gasteiger charge is 2.25. The van der Waals surface area contributed by atoms with Gasteiger partial charge < -0.3 is 15.1 Å². The van der Waals surface area contributed by atoms with Crippen LogP contribution < -0.4 is 4.90 Å². The lowest BCUT2D eigenvalue weighted by Gasteiger charge is -2.24. The third-order valence-corrected chi connectivity index (χ3v) is 2.75. The van der Waals surface area contributed by atoms with Crippen molar-refractivity contribution in [3.05, 3.63) is 17.7 Å². The zero-order valence-corrected chi connectivity index (χ0v) is 8.49. The minimum absolute atomic E-state index is 0.0219. The summed E-state index contributed by atoms with van der Waals surface area (Å²) >= 11 is 0. The van der Waals surface area contributed by atoms with Gasteiger partial charge in [-0.15, -0.1) is 0 Å². The molecule has 0 radical (unpaired) electrons. The van der Waals surface area contributed by atoms with Gasteiger partial charge in [0.05, 0.1) is 5.69 Å². The second-order valence-electron chi connectivity index (χ2n) is 3.98. The van der Waals surface area contributed by atoms with Crippen molar-refractivity contribution in [2.45, 2.75) is 26.3 Å². The Hall–Kier alpha value is -1.38. The molecule has 0 aromatic heterocycles. The van der Waals surface area contributed by atoms with E-state index in [0.717, 1.165) is 24.2 Å². The molecule has 76 valence electrons. The molecule has 1 aromatic carbocycles. The van der Waals surface area contributed by atoms with Crippen LogP contribution in [0.4, 0.5) is 5.69 Å². The molecule has 0 bridgehead atoms. The van der Waals surface area contributed by atoms with Gasteiger partial charge in [-0.2, -0.15) is 0 Å². The molecule has 2 N–H and O–H groups in total. The highest BCUT2D eigenvalue weighted by Crippen LogP contribution is 2.42. The maximum Gasteiger partial charge on any atom is 0.181 e. The first-order valence-corrected chi connectivity index (χ1v) is 4.91. The van der Waals surface area contributed by atoms with Gasteiger partial charge in [-0.05, 0) is 31.9 Å². The van der Waals surface area contributed by atoms with Crippen LogP contribution in [0.5, 0.6) is 11.5 Å². The fraction of sp³-hybridized carbons (Fsp3) is 0.455. The number of nitrogens with zero attached hydrogens (tertiary/aromatic N) is 1. The molecular weight excluding hydrogens is 178 g/mol. The minimum Gasteiger partial charge on any atom is -0.504 e. The Labute approximate surface area is 83.6 Å². The standard InChI is InChI=1S/C11H15NO2/c1-7(2)12-6-5-8-3-4-9(13)11(14)10(8)12/h3-4,7,13-14H,5-6H2,1-2H3. The molecule has 2 rings (SSSR count). The number of phenolic OH excluding ortho intramolecular Hbond substituents is 2. The van der Waals surface area contributed by atoms with Crippen LogP contribution in [-0.4, -0.2) is 22.8 Å². The van der Waals surface area contributed by atoms with E-state index in [1.807, 2.05) is 6.07 Å². The summed E-state index contributed by atoms with van der Waals surface area (Å²) in [6, 6.07) is 3.79. The lowest BCUT2D eigenvalue weighted by molar-refractivity contribution is 0.403. The van der Waals surface area contributed by atoms with E-state index in [0.29, 0.717) is 6.04 Å². The average molecular weight is 193 g/mol. The topological polar surface area (TPSA) is 43.7 Å². The molecule has 1 aliphatic heterocycles. The molecule has 3 nitrogen and oxygen atoms in total. The molecule has 0 saturated carbocycles. The number of phenols is 2. The number of aromatic hydroxyl groups is 2. The molecule has 14 heavy (non-hydrogen) atoms. The van der Waals surface area contributed by atoms with Crippen molar-refractivity contribution in [3.63, 3.8) is 0 Å². The van der Waals surface area contributed by atoms with Gasteiger partial charge in [0, 0.05) is 12.6 Å². The Bertz CT molecular complexity index is 361. The third-order valence-electron chi connectivity index (χ3n) is 2.75. The van der Waals surface area contributed by atoms with E-state index in [1.54, 1.807) is 6.07 Å². The lowest BCUT2D eigenvalue weighted by atomic mass is 10.1. The fourth-order valence-electron chi connectivity index (χ4n) is 2.00. The number of fused-ring (bicyclic) bond motifs is 1. The molecule has 0 amide bonds. The van der Waals surface area contributed by atoms with E-state index in [4.69, 9.17) is 0 Å². The molecule has 0 atom stereocenters. The summed E-state index contributed by atoms with van der Waals surface area (Å²) in [7, 11) is 0. The van der Waals surface area contributed by atoms with Crippen molar-refractivity contribution >= 4 is 5.69 Å². The first-order chi connectivity index (χ1) is 6.61. The van der Waals surface area contributed by atoms with Crippen molar-refractivity contribution in [2.24, 2.45) is 0 Å². The Morgan fingerprint density at radius 2 is 2.00 bits per heavy atom. The van der Waals surface area contributed by atoms with Crippen molar-refractivity contribution in [1.82, 2.24) is 0 Å². The van der Waals surface area contributed by atoms with E-state index in [9.17, 15) is 10.2 Å². The van der Waals surface area contributed by atoms with Crippen LogP contribution in [0, 0.1) is 0 Å². The van der Waals surface area contributed by atoms with Crippen LogP contribution in [0.3, 0.4) is 0 Å². The lowest BCUT2D eigenvalue weighted by Crippen LogP contribution is -2.28. The predicted octanol–water partition coefficient (Wildman–Crippen LogP) is 1.87. The molecule has 0 saturated heterocycles. The van der Waals surface area contributed by atoms with E-state index < -0.39 is 0 Å². The van der Waals surface area contributed by atoms with Gasteiger partial charge in [-0.1, -0.05) is 6.07 Å². The van der Waals surface area contributed by atoms with Crippen LogP contribution in [0.1, 0.15) is 19.4 Å². The van der Waals surface area contributed by atoms with Gasteiger partial charge in [0.2, 0.25) is 0 Å². The van der Waals surface area contributed by atoms with Gasteiger partial charge in [0.15, 0.2) is 11.5 Å². The first-order valence-electron chi connectivity index (χ1n) is 4.91. The maximum atomic E-state index is 9.75. The zero-order chi connectivity index (χ0) is 10.3. The van der Waals surface area contributed by atoms with Crippen LogP contribution in [0.15, 0.2) is 12.1 Å². The molecule has 0 unspecified atom stereocenters. The molecule has 0 aliphatic carbocycles. The number of rotatable bonds is 1. The Kier molecular flexibility index (Phi) is 2.02. The monoisotopic (exact) mass is 193 g/mol. The van der Waals surface area contributed by atoms with Gasteiger partial charge in [0.25, 0.3) is 0 Å². The molecule has 1 heterocycles. The SMILES string of the molecule is CC(C)N1CCc2ccc(O)c(O)c21. The highest BCUT2D eigenvalue weighted by molar-refractivity contribution is 5.71. The zero-order valence-electron chi connectivity index (χ0n) is 8.49. The molecule has 1 aliphatic rings. The summed E-state index contributed by atoms with van der Waals surface area (Å²) in [4.78, 5) is 2.12. The second-order valence-corrected chi connectivity index (χ2v) is 3.98. The molecule has 3 heteroatoms. The van der Waals surface area contributed by atoms with Crippen molar-refractivity contribution in [2.75, 3.05) is 11.4 Å². The summed E-state index contributed by atoms with van der Waals surface area (Å²) in [6.45, 7) is 5.08. The van der Waals surface area contributed by atoms with Gasteiger partial charge >= 0.3 is 0 Å². The smallest absolute Gasteiger partial charge is 0.181 e. The summed E-state index contributed by atoms with van der Waals surface area (Å²) in [5.41, 5.74) is 1.93. The van der Waals surface area contributed by atoms with Crippen LogP contribution in [-0.2, 0) is 6.42 Å². The summed E-state index contributed by atoms with van der Waals surface area (Å²) < 4.78 is 0. The molecule has 0 spiro atoms. The Morgan fingerprint density at radius 1 is 1.29 bits per heavy atom. The number of hydrogen-bond acceptors (Lipinski definition) is 3. The van der Waals surface area contributed by atoms with Crippen LogP contribution in [0.2, 0.25) is 0 Å². The highest BCUT2D eigenvalue weighted by atomic mass is 16.3. The van der Waals surface area contributed by atoms with E-state index in [-0.39, 0.29) is 11.5 Å². The van der Waals surface area contributed by atoms with Crippen molar-refractivity contribution < 1.29 is 10.2 Å². The van der Waals surface area contributed by atoms with Crippen LogP contribution in [0.25, 0.3) is 0 Å². The first kappa shape index (κ1) is 9.19. The summed E-state index contributed by atoms with van der Waals surface area (Å²) in [6.07, 6.45) is 0.946. The molecule has 0 fully saturated rings. The average Bonchev–Trinajstić information content (AvgIpc) is 2.55. The number of hydrogen-bond donors (Lipinski definition) is 2. The Morgan fingerprint density at radius 3 is 2.64 bits per heavy atom. The summed E-state index contributed by atoms with van der Waals surface area (Å²) in [5, 5.41) is 19.2. The quantitative estimate of drug-likeness (QED) is 0.669. The third kappa shape index (κ3) is 1.20. The van der Waals surface area contributed by atoms with Gasteiger partial charge in [0.1, 0.15) is 0 Å². The normalized spacial score (nSPS) is 14.9. The van der Waals surface area contributed by atoms with Gasteiger partial charge in [-0.25, -0.2) is 0 Å². The van der Waals surface area contributed by atoms with Gasteiger partial charge in [-0.3, -0.25) is 0 Å². The molecular formula is C11H15NO2. The fourth-order valence-corrected chi connectivity index (χ4v) is 2.00. The van der Waals surface area contributed by atoms with E-state index in [2.05, 4.69) is 18.7 Å². The largest absolute Gasteiger partial charge is 0.504 e. The molecule has 1 aromatic rings. The van der Waals surface area contributed by atoms with Crippen molar-refractivity contribution in [1.29, 1.82) is 0 Å². The number of benzene rings is 1.